The third kappa shape index (κ3) is 5.96. The topological polar surface area (TPSA) is 76.4 Å². The molecule has 2 rings (SSSR count). The Hall–Kier alpha value is -2.75. The Morgan fingerprint density at radius 3 is 2.62 bits per heavy atom. The highest BCUT2D eigenvalue weighted by molar-refractivity contribution is 8.00. The highest BCUT2D eigenvalue weighted by atomic mass is 35.5. The number of thioether (sulfide) groups is 1. The van der Waals surface area contributed by atoms with Crippen molar-refractivity contribution in [3.8, 4) is 11.8 Å². The molecule has 2 aromatic rings. The van der Waals surface area contributed by atoms with Gasteiger partial charge in [-0.1, -0.05) is 23.7 Å². The molecule has 0 aromatic heterocycles. The fourth-order valence-corrected chi connectivity index (χ4v) is 2.71. The van der Waals surface area contributed by atoms with Crippen LogP contribution in [0.4, 0.5) is 0 Å². The van der Waals surface area contributed by atoms with Crippen molar-refractivity contribution in [2.24, 2.45) is 0 Å². The van der Waals surface area contributed by atoms with Gasteiger partial charge in [0, 0.05) is 9.92 Å². The van der Waals surface area contributed by atoms with Crippen LogP contribution in [0.1, 0.15) is 5.56 Å². The SMILES string of the molecule is COC(=O)/C(C#N)=C/c1cccc(OC(=O)CSc2ccc(Cl)cc2)c1. The second kappa shape index (κ2) is 9.66. The molecule has 0 N–H and O–H groups in total. The average molecular weight is 388 g/mol. The lowest BCUT2D eigenvalue weighted by atomic mass is 10.1. The molecule has 0 heterocycles. The van der Waals surface area contributed by atoms with Gasteiger partial charge in [-0.25, -0.2) is 4.79 Å². The number of esters is 2. The van der Waals surface area contributed by atoms with Gasteiger partial charge in [-0.3, -0.25) is 4.79 Å². The first kappa shape index (κ1) is 19.6. The van der Waals surface area contributed by atoms with Crippen molar-refractivity contribution >= 4 is 41.4 Å². The summed E-state index contributed by atoms with van der Waals surface area (Å²) in [5.74, 6) is -0.691. The van der Waals surface area contributed by atoms with Gasteiger partial charge in [0.2, 0.25) is 0 Å². The van der Waals surface area contributed by atoms with E-state index in [-0.39, 0.29) is 11.3 Å². The van der Waals surface area contributed by atoms with Gasteiger partial charge in [0.05, 0.1) is 12.9 Å². The first-order chi connectivity index (χ1) is 12.5. The van der Waals surface area contributed by atoms with Crippen LogP contribution >= 0.6 is 23.4 Å². The minimum Gasteiger partial charge on any atom is -0.465 e. The van der Waals surface area contributed by atoms with Gasteiger partial charge in [0.1, 0.15) is 17.4 Å². The van der Waals surface area contributed by atoms with E-state index in [1.165, 1.54) is 24.9 Å². The van der Waals surface area contributed by atoms with E-state index in [9.17, 15) is 9.59 Å². The first-order valence-corrected chi connectivity index (χ1v) is 8.77. The molecular formula is C19H14ClNO4S. The predicted molar refractivity (Wildman–Crippen MR) is 99.9 cm³/mol. The molecule has 0 spiro atoms. The quantitative estimate of drug-likeness (QED) is 0.244. The highest BCUT2D eigenvalue weighted by Gasteiger charge is 2.10. The van der Waals surface area contributed by atoms with Gasteiger partial charge in [-0.2, -0.15) is 5.26 Å². The van der Waals surface area contributed by atoms with Gasteiger partial charge >= 0.3 is 11.9 Å². The van der Waals surface area contributed by atoms with Crippen LogP contribution in [0, 0.1) is 11.3 Å². The lowest BCUT2D eigenvalue weighted by Crippen LogP contribution is -2.10. The lowest BCUT2D eigenvalue weighted by Gasteiger charge is -2.05. The molecule has 0 radical (unpaired) electrons. The molecule has 0 fully saturated rings. The summed E-state index contributed by atoms with van der Waals surface area (Å²) in [7, 11) is 1.20. The highest BCUT2D eigenvalue weighted by Crippen LogP contribution is 2.21. The fraction of sp³-hybridized carbons (Fsp3) is 0.105. The van der Waals surface area contributed by atoms with Crippen molar-refractivity contribution in [1.82, 2.24) is 0 Å². The molecule has 132 valence electrons. The van der Waals surface area contributed by atoms with Crippen molar-refractivity contribution < 1.29 is 19.1 Å². The van der Waals surface area contributed by atoms with Crippen molar-refractivity contribution in [2.45, 2.75) is 4.90 Å². The zero-order valence-corrected chi connectivity index (χ0v) is 15.3. The molecule has 0 aliphatic carbocycles. The van der Waals surface area contributed by atoms with Crippen molar-refractivity contribution in [3.63, 3.8) is 0 Å². The monoisotopic (exact) mass is 387 g/mol. The summed E-state index contributed by atoms with van der Waals surface area (Å²) in [6.07, 6.45) is 1.37. The summed E-state index contributed by atoms with van der Waals surface area (Å²) >= 11 is 7.15. The summed E-state index contributed by atoms with van der Waals surface area (Å²) < 4.78 is 9.81. The molecule has 0 amide bonds. The number of carbonyl (C=O) groups is 2. The Balaban J connectivity index is 2.00. The number of rotatable bonds is 6. The van der Waals surface area contributed by atoms with Gasteiger partial charge < -0.3 is 9.47 Å². The van der Waals surface area contributed by atoms with Gasteiger partial charge in [-0.15, -0.1) is 11.8 Å². The van der Waals surface area contributed by atoms with Crippen molar-refractivity contribution in [3.05, 3.63) is 64.7 Å². The Bertz CT molecular complexity index is 872. The number of benzene rings is 2. The van der Waals surface area contributed by atoms with Gasteiger partial charge in [-0.05, 0) is 48.0 Å². The van der Waals surface area contributed by atoms with Crippen LogP contribution in [0.25, 0.3) is 6.08 Å². The lowest BCUT2D eigenvalue weighted by molar-refractivity contribution is -0.135. The maximum atomic E-state index is 12.0. The van der Waals surface area contributed by atoms with E-state index < -0.39 is 11.9 Å². The number of hydrogen-bond acceptors (Lipinski definition) is 6. The van der Waals surface area contributed by atoms with Crippen LogP contribution in [0.5, 0.6) is 5.75 Å². The minimum absolute atomic E-state index is 0.132. The molecule has 5 nitrogen and oxygen atoms in total. The number of halogens is 1. The summed E-state index contributed by atoms with van der Waals surface area (Å²) in [6.45, 7) is 0. The number of carbonyl (C=O) groups excluding carboxylic acids is 2. The predicted octanol–water partition coefficient (Wildman–Crippen LogP) is 4.12. The molecule has 2 aromatic carbocycles. The molecule has 26 heavy (non-hydrogen) atoms. The third-order valence-electron chi connectivity index (χ3n) is 3.10. The first-order valence-electron chi connectivity index (χ1n) is 7.41. The molecule has 0 aliphatic heterocycles. The Kier molecular flexibility index (Phi) is 7.27. The number of nitriles is 1. The molecule has 0 aliphatic rings. The maximum absolute atomic E-state index is 12.0. The molecule has 0 saturated heterocycles. The smallest absolute Gasteiger partial charge is 0.348 e. The summed E-state index contributed by atoms with van der Waals surface area (Å²) in [6, 6.07) is 15.4. The average Bonchev–Trinajstić information content (AvgIpc) is 2.65. The van der Waals surface area contributed by atoms with Crippen LogP contribution in [0.2, 0.25) is 5.02 Å². The normalized spacial score (nSPS) is 10.7. The van der Waals surface area contributed by atoms with E-state index >= 15 is 0 Å². The Morgan fingerprint density at radius 2 is 1.96 bits per heavy atom. The number of nitrogens with zero attached hydrogens (tertiary/aromatic N) is 1. The zero-order valence-electron chi connectivity index (χ0n) is 13.8. The summed E-state index contributed by atoms with van der Waals surface area (Å²) in [4.78, 5) is 24.3. The van der Waals surface area contributed by atoms with Crippen LogP contribution in [-0.2, 0) is 14.3 Å². The van der Waals surface area contributed by atoms with Crippen molar-refractivity contribution in [1.29, 1.82) is 5.26 Å². The van der Waals surface area contributed by atoms with E-state index in [1.807, 2.05) is 12.1 Å². The van der Waals surface area contributed by atoms with E-state index in [4.69, 9.17) is 21.6 Å². The molecule has 0 bridgehead atoms. The fourth-order valence-electron chi connectivity index (χ4n) is 1.92. The largest absolute Gasteiger partial charge is 0.465 e. The Labute approximate surface area is 160 Å². The maximum Gasteiger partial charge on any atom is 0.348 e. The Morgan fingerprint density at radius 1 is 1.23 bits per heavy atom. The third-order valence-corrected chi connectivity index (χ3v) is 4.33. The van der Waals surface area contributed by atoms with Crippen LogP contribution in [0.3, 0.4) is 0 Å². The zero-order chi connectivity index (χ0) is 18.9. The van der Waals surface area contributed by atoms with E-state index in [0.29, 0.717) is 16.3 Å². The van der Waals surface area contributed by atoms with Crippen molar-refractivity contribution in [2.75, 3.05) is 12.9 Å². The summed E-state index contributed by atoms with van der Waals surface area (Å²) in [5.41, 5.74) is 0.400. The minimum atomic E-state index is -0.728. The van der Waals surface area contributed by atoms with Crippen LogP contribution < -0.4 is 4.74 Å². The van der Waals surface area contributed by atoms with E-state index in [2.05, 4.69) is 4.74 Å². The van der Waals surface area contributed by atoms with Crippen LogP contribution in [0.15, 0.2) is 59.0 Å². The van der Waals surface area contributed by atoms with Crippen LogP contribution in [-0.4, -0.2) is 24.8 Å². The van der Waals surface area contributed by atoms with E-state index in [0.717, 1.165) is 4.90 Å². The second-order valence-electron chi connectivity index (χ2n) is 4.95. The molecule has 0 atom stereocenters. The molecule has 0 saturated carbocycles. The number of methoxy groups -OCH3 is 1. The molecule has 0 unspecified atom stereocenters. The van der Waals surface area contributed by atoms with Gasteiger partial charge in [0.15, 0.2) is 0 Å². The second-order valence-corrected chi connectivity index (χ2v) is 6.44. The number of hydrogen-bond donors (Lipinski definition) is 0. The van der Waals surface area contributed by atoms with Gasteiger partial charge in [0.25, 0.3) is 0 Å². The number of ether oxygens (including phenoxy) is 2. The van der Waals surface area contributed by atoms with E-state index in [1.54, 1.807) is 42.5 Å². The molecular weight excluding hydrogens is 374 g/mol. The molecule has 7 heteroatoms. The summed E-state index contributed by atoms with van der Waals surface area (Å²) in [5, 5.41) is 9.61. The standard InChI is InChI=1S/C19H14ClNO4S/c1-24-19(23)14(11-21)9-13-3-2-4-16(10-13)25-18(22)12-26-17-7-5-15(20)6-8-17/h2-10H,12H2,1H3/b14-9+.